The summed E-state index contributed by atoms with van der Waals surface area (Å²) in [5.74, 6) is -14.6. The average Bonchev–Trinajstić information content (AvgIpc) is 3.37. The van der Waals surface area contributed by atoms with Crippen molar-refractivity contribution in [2.75, 3.05) is 13.2 Å². The lowest BCUT2D eigenvalue weighted by Crippen LogP contribution is -2.62. The minimum absolute atomic E-state index is 0.0108. The summed E-state index contributed by atoms with van der Waals surface area (Å²) in [6, 6.07) is -8.26. The molecule has 1 aromatic carbocycles. The summed E-state index contributed by atoms with van der Waals surface area (Å²) < 4.78 is 0. The van der Waals surface area contributed by atoms with Crippen molar-refractivity contribution in [3.05, 3.63) is 29.8 Å². The normalized spacial score (nSPS) is 15.8. The van der Waals surface area contributed by atoms with Gasteiger partial charge >= 0.3 is 11.9 Å². The number of rotatable bonds is 37. The third-order valence-electron chi connectivity index (χ3n) is 12.8. The Kier molecular flexibility index (Phi) is 30.1. The van der Waals surface area contributed by atoms with E-state index in [9.17, 15) is 72.9 Å². The van der Waals surface area contributed by atoms with Gasteiger partial charge in [0.05, 0.1) is 25.5 Å². The maximum Gasteiger partial charge on any atom is 0.326 e. The molecule has 0 radical (unpaired) electrons. The first-order valence-electron chi connectivity index (χ1n) is 25.4. The van der Waals surface area contributed by atoms with E-state index in [0.717, 1.165) is 0 Å². The van der Waals surface area contributed by atoms with Crippen LogP contribution in [0.4, 0.5) is 0 Å². The van der Waals surface area contributed by atoms with Crippen LogP contribution in [0.5, 0.6) is 5.75 Å². The third-order valence-corrected chi connectivity index (χ3v) is 12.8. The number of carboxylic acids is 2. The van der Waals surface area contributed by atoms with Crippen LogP contribution in [-0.4, -0.2) is 159 Å². The van der Waals surface area contributed by atoms with Crippen LogP contribution in [0.15, 0.2) is 24.3 Å². The summed E-state index contributed by atoms with van der Waals surface area (Å²) in [6.07, 6.45) is -1.15. The van der Waals surface area contributed by atoms with Crippen LogP contribution < -0.4 is 65.5 Å². The summed E-state index contributed by atoms with van der Waals surface area (Å²) in [6.45, 7) is 9.25. The molecule has 0 spiro atoms. The van der Waals surface area contributed by atoms with Gasteiger partial charge in [-0.2, -0.15) is 0 Å². The second kappa shape index (κ2) is 34.3. The van der Waals surface area contributed by atoms with Crippen LogP contribution in [0, 0.1) is 17.8 Å². The summed E-state index contributed by atoms with van der Waals surface area (Å²) in [5, 5.41) is 58.3. The monoisotopic (exact) mass is 1090 g/mol. The molecule has 0 heterocycles. The van der Waals surface area contributed by atoms with Gasteiger partial charge < -0.3 is 85.9 Å². The van der Waals surface area contributed by atoms with E-state index in [2.05, 4.69) is 42.5 Å². The summed E-state index contributed by atoms with van der Waals surface area (Å²) in [7, 11) is 0. The van der Waals surface area contributed by atoms with Gasteiger partial charge in [0.25, 0.3) is 0 Å². The van der Waals surface area contributed by atoms with Gasteiger partial charge in [0.15, 0.2) is 0 Å². The standard InChI is InChI=1S/C49H80N12O16/c1-7-24(4)38(60-44(71)32(20-27-13-15-28(63)16-14-27)56-43(70)33(22-36(53)65)57-45(72)34(23-62)58-41(68)29(51)21-35(52)64)46(73)54-30(12-10-11-19-50)42(69)59-40(26(6)9-3)48(75)61-39(25(5)8-2)47(74)55-31(49(76)77)17-18-37(66)67/h13-16,24-26,29-34,38-40,62-63H,7-12,17-23,50-51H2,1-6H3,(H2,52,64)(H2,53,65)(H,54,73)(H,55,74)(H,56,70)(H,57,72)(H,58,68)(H,59,69)(H,60,71)(H,61,75)(H,66,67)(H,76,77)/t24-,25-,26-,29-,30-,31-,32-,33-,34-,38-,39-,40-/m0/s1. The quantitative estimate of drug-likeness (QED) is 0.0283. The highest BCUT2D eigenvalue weighted by Gasteiger charge is 2.38. The summed E-state index contributed by atoms with van der Waals surface area (Å²) >= 11 is 0. The molecular weight excluding hydrogens is 1010 g/mol. The molecule has 0 aliphatic rings. The van der Waals surface area contributed by atoms with Crippen molar-refractivity contribution in [2.45, 2.75) is 167 Å². The van der Waals surface area contributed by atoms with E-state index < -0.39 is 175 Å². The van der Waals surface area contributed by atoms with Gasteiger partial charge in [0.2, 0.25) is 59.1 Å². The molecule has 28 nitrogen and oxygen atoms in total. The van der Waals surface area contributed by atoms with Crippen LogP contribution in [-0.2, 0) is 64.0 Å². The number of nitrogens with one attached hydrogen (secondary N) is 8. The van der Waals surface area contributed by atoms with Crippen LogP contribution in [0.25, 0.3) is 0 Å². The molecule has 12 atom stereocenters. The zero-order valence-electron chi connectivity index (χ0n) is 44.4. The Morgan fingerprint density at radius 1 is 0.506 bits per heavy atom. The van der Waals surface area contributed by atoms with Crippen molar-refractivity contribution in [3.63, 3.8) is 0 Å². The first kappa shape index (κ1) is 67.6. The average molecular weight is 1090 g/mol. The molecule has 77 heavy (non-hydrogen) atoms. The number of carbonyl (C=O) groups is 12. The van der Waals surface area contributed by atoms with Gasteiger partial charge in [-0.15, -0.1) is 0 Å². The highest BCUT2D eigenvalue weighted by Crippen LogP contribution is 2.17. The number of carboxylic acid groups (broad SMARTS) is 2. The molecule has 0 bridgehead atoms. The fraction of sp³-hybridized carbons (Fsp3) is 0.633. The van der Waals surface area contributed by atoms with E-state index in [1.54, 1.807) is 41.5 Å². The molecule has 28 heteroatoms. The number of carbonyl (C=O) groups excluding carboxylic acids is 10. The van der Waals surface area contributed by atoms with Gasteiger partial charge in [-0.25, -0.2) is 4.79 Å². The number of aliphatic hydroxyl groups excluding tert-OH is 1. The van der Waals surface area contributed by atoms with E-state index in [-0.39, 0.29) is 31.6 Å². The van der Waals surface area contributed by atoms with Gasteiger partial charge in [-0.05, 0) is 67.7 Å². The van der Waals surface area contributed by atoms with Crippen LogP contribution >= 0.6 is 0 Å². The van der Waals surface area contributed by atoms with Crippen LogP contribution in [0.2, 0.25) is 0 Å². The number of primary amides is 2. The van der Waals surface area contributed by atoms with Crippen LogP contribution in [0.3, 0.4) is 0 Å². The maximum absolute atomic E-state index is 14.4. The fourth-order valence-electron chi connectivity index (χ4n) is 7.48. The highest BCUT2D eigenvalue weighted by molar-refractivity contribution is 5.99. The SMILES string of the molecule is CC[C@H](C)[C@H](NC(=O)[C@H](Cc1ccc(O)cc1)NC(=O)[C@H](CC(N)=O)NC(=O)[C@H](CO)NC(=O)[C@@H](N)CC(N)=O)C(=O)N[C@@H](CCCCN)C(=O)N[C@H](C(=O)N[C@H](C(=O)N[C@@H](CCC(=O)O)C(=O)O)[C@@H](C)CC)[C@@H](C)CC. The Balaban J connectivity index is 3.63. The van der Waals surface area contributed by atoms with E-state index in [0.29, 0.717) is 31.2 Å². The molecule has 1 rings (SSSR count). The van der Waals surface area contributed by atoms with Gasteiger partial charge in [0, 0.05) is 12.8 Å². The lowest BCUT2D eigenvalue weighted by Gasteiger charge is -2.31. The minimum atomic E-state index is -1.83. The van der Waals surface area contributed by atoms with E-state index in [4.69, 9.17) is 28.0 Å². The smallest absolute Gasteiger partial charge is 0.326 e. The molecule has 432 valence electrons. The molecule has 0 aliphatic carbocycles. The fourth-order valence-corrected chi connectivity index (χ4v) is 7.48. The molecule has 0 saturated carbocycles. The topological polar surface area (TPSA) is 486 Å². The number of aliphatic hydroxyl groups is 1. The summed E-state index contributed by atoms with van der Waals surface area (Å²) in [4.78, 5) is 157. The number of phenolic OH excluding ortho intramolecular Hbond substituents is 1. The first-order chi connectivity index (χ1) is 36.1. The first-order valence-corrected chi connectivity index (χ1v) is 25.4. The Morgan fingerprint density at radius 2 is 0.909 bits per heavy atom. The Morgan fingerprint density at radius 3 is 1.35 bits per heavy atom. The third kappa shape index (κ3) is 24.0. The predicted molar refractivity (Wildman–Crippen MR) is 276 cm³/mol. The van der Waals surface area contributed by atoms with E-state index >= 15 is 0 Å². The number of nitrogens with two attached hydrogens (primary N) is 4. The zero-order chi connectivity index (χ0) is 58.7. The molecule has 20 N–H and O–H groups in total. The Labute approximate surface area is 446 Å². The number of benzene rings is 1. The van der Waals surface area contributed by atoms with Crippen molar-refractivity contribution in [1.29, 1.82) is 0 Å². The van der Waals surface area contributed by atoms with E-state index in [1.165, 1.54) is 24.3 Å². The number of amides is 10. The van der Waals surface area contributed by atoms with Gasteiger partial charge in [-0.1, -0.05) is 72.9 Å². The largest absolute Gasteiger partial charge is 0.508 e. The van der Waals surface area contributed by atoms with Gasteiger partial charge in [-0.3, -0.25) is 52.7 Å². The number of aliphatic carboxylic acids is 2. The molecule has 0 fully saturated rings. The highest BCUT2D eigenvalue weighted by atomic mass is 16.4. The van der Waals surface area contributed by atoms with Gasteiger partial charge in [0.1, 0.15) is 54.1 Å². The second-order valence-electron chi connectivity index (χ2n) is 19.0. The number of phenols is 1. The molecule has 0 saturated heterocycles. The minimum Gasteiger partial charge on any atom is -0.508 e. The predicted octanol–water partition coefficient (Wildman–Crippen LogP) is -3.90. The van der Waals surface area contributed by atoms with E-state index in [1.807, 2.05) is 0 Å². The molecule has 0 unspecified atom stereocenters. The number of unbranched alkanes of at least 4 members (excludes halogenated alkanes) is 1. The number of hydrogen-bond donors (Lipinski definition) is 16. The number of aromatic hydroxyl groups is 1. The molecule has 1 aromatic rings. The van der Waals surface area contributed by atoms with Crippen LogP contribution in [0.1, 0.15) is 111 Å². The second-order valence-corrected chi connectivity index (χ2v) is 19.0. The van der Waals surface area contributed by atoms with Crippen molar-refractivity contribution in [2.24, 2.45) is 40.7 Å². The molecule has 10 amide bonds. The van der Waals surface area contributed by atoms with Crippen molar-refractivity contribution in [3.8, 4) is 5.75 Å². The number of hydrogen-bond acceptors (Lipinski definition) is 16. The molecular formula is C49H80N12O16. The lowest BCUT2D eigenvalue weighted by atomic mass is 9.94. The molecule has 0 aromatic heterocycles. The van der Waals surface area contributed by atoms with Crippen molar-refractivity contribution < 1.29 is 78.0 Å². The molecule has 0 aliphatic heterocycles. The van der Waals surface area contributed by atoms with Crippen molar-refractivity contribution in [1.82, 2.24) is 42.5 Å². The lowest BCUT2D eigenvalue weighted by molar-refractivity contribution is -0.144. The summed E-state index contributed by atoms with van der Waals surface area (Å²) in [5.41, 5.74) is 22.3. The zero-order valence-corrected chi connectivity index (χ0v) is 44.4. The van der Waals surface area contributed by atoms with Crippen molar-refractivity contribution >= 4 is 71.0 Å². The maximum atomic E-state index is 14.4. The Hall–Kier alpha value is -7.46. The Bertz CT molecular complexity index is 2200.